The highest BCUT2D eigenvalue weighted by Gasteiger charge is 2.40. The molecule has 166 valence electrons. The van der Waals surface area contributed by atoms with Gasteiger partial charge in [0.05, 0.1) is 13.2 Å². The number of piperidine rings is 1. The summed E-state index contributed by atoms with van der Waals surface area (Å²) in [5.41, 5.74) is 1.43. The lowest BCUT2D eigenvalue weighted by molar-refractivity contribution is 0.0887. The zero-order chi connectivity index (χ0) is 20.6. The van der Waals surface area contributed by atoms with Crippen molar-refractivity contribution >= 4 is 5.96 Å². The van der Waals surface area contributed by atoms with Gasteiger partial charge in [0.15, 0.2) is 5.96 Å². The van der Waals surface area contributed by atoms with Crippen LogP contribution in [0.15, 0.2) is 35.3 Å². The highest BCUT2D eigenvalue weighted by molar-refractivity contribution is 5.79. The third-order valence-corrected chi connectivity index (χ3v) is 6.79. The molecule has 0 radical (unpaired) electrons. The zero-order valence-corrected chi connectivity index (χ0v) is 18.4. The fourth-order valence-corrected chi connectivity index (χ4v) is 5.18. The van der Waals surface area contributed by atoms with Crippen molar-refractivity contribution in [3.05, 3.63) is 35.9 Å². The van der Waals surface area contributed by atoms with Crippen LogP contribution in [0.5, 0.6) is 0 Å². The number of benzene rings is 1. The number of ether oxygens (including phenoxy) is 2. The Morgan fingerprint density at radius 3 is 2.67 bits per heavy atom. The molecule has 2 bridgehead atoms. The van der Waals surface area contributed by atoms with Gasteiger partial charge in [-0.25, -0.2) is 0 Å². The summed E-state index contributed by atoms with van der Waals surface area (Å²) in [5, 5.41) is 7.15. The lowest BCUT2D eigenvalue weighted by Gasteiger charge is -2.39. The second-order valence-electron chi connectivity index (χ2n) is 9.01. The number of hydrogen-bond acceptors (Lipinski definition) is 4. The van der Waals surface area contributed by atoms with E-state index in [0.29, 0.717) is 24.0 Å². The van der Waals surface area contributed by atoms with E-state index in [4.69, 9.17) is 9.47 Å². The van der Waals surface area contributed by atoms with Gasteiger partial charge in [-0.2, -0.15) is 0 Å². The molecule has 3 unspecified atom stereocenters. The molecule has 3 aliphatic heterocycles. The number of guanidine groups is 1. The van der Waals surface area contributed by atoms with Crippen LogP contribution in [0.25, 0.3) is 0 Å². The third kappa shape index (κ3) is 5.96. The van der Waals surface area contributed by atoms with Crippen LogP contribution >= 0.6 is 0 Å². The molecule has 3 atom stereocenters. The Labute approximate surface area is 181 Å². The van der Waals surface area contributed by atoms with Gasteiger partial charge in [-0.15, -0.1) is 0 Å². The van der Waals surface area contributed by atoms with Crippen molar-refractivity contribution < 1.29 is 9.47 Å². The minimum Gasteiger partial charge on any atom is -0.381 e. The topological polar surface area (TPSA) is 58.1 Å². The molecule has 1 aromatic rings. The van der Waals surface area contributed by atoms with Crippen LogP contribution in [0.3, 0.4) is 0 Å². The van der Waals surface area contributed by atoms with Gasteiger partial charge in [-0.05, 0) is 44.1 Å². The summed E-state index contributed by atoms with van der Waals surface area (Å²) in [4.78, 5) is 7.18. The first-order chi connectivity index (χ1) is 14.8. The first kappa shape index (κ1) is 21.6. The first-order valence-corrected chi connectivity index (χ1v) is 11.7. The maximum absolute atomic E-state index is 5.79. The zero-order valence-electron chi connectivity index (χ0n) is 18.4. The molecule has 30 heavy (non-hydrogen) atoms. The van der Waals surface area contributed by atoms with Crippen LogP contribution in [0.1, 0.15) is 44.1 Å². The summed E-state index contributed by atoms with van der Waals surface area (Å²) in [5.74, 6) is 1.52. The Hall–Kier alpha value is -1.63. The van der Waals surface area contributed by atoms with E-state index in [-0.39, 0.29) is 0 Å². The maximum Gasteiger partial charge on any atom is 0.191 e. The van der Waals surface area contributed by atoms with Crippen molar-refractivity contribution in [3.8, 4) is 0 Å². The normalized spacial score (nSPS) is 29.3. The lowest BCUT2D eigenvalue weighted by Crippen LogP contribution is -2.52. The van der Waals surface area contributed by atoms with Crippen molar-refractivity contribution in [2.75, 3.05) is 40.0 Å². The van der Waals surface area contributed by atoms with E-state index in [9.17, 15) is 0 Å². The number of nitrogens with zero attached hydrogens (tertiary/aromatic N) is 2. The van der Waals surface area contributed by atoms with Crippen LogP contribution < -0.4 is 10.6 Å². The standard InChI is InChI=1S/C24H38N4O2/c1-25-24(26-11-5-12-29-17-20-10-13-30-18-20)27-21-14-22-8-9-23(15-21)28(22)16-19-6-3-2-4-7-19/h2-4,6-7,20-23H,5,8-18H2,1H3,(H2,25,26,27). The van der Waals surface area contributed by atoms with Gasteiger partial charge < -0.3 is 20.1 Å². The van der Waals surface area contributed by atoms with Gasteiger partial charge in [0, 0.05) is 57.4 Å². The molecular formula is C24H38N4O2. The van der Waals surface area contributed by atoms with E-state index in [1.54, 1.807) is 0 Å². The molecule has 0 spiro atoms. The number of aliphatic imine (C=N–C) groups is 1. The second kappa shape index (κ2) is 11.1. The van der Waals surface area contributed by atoms with Gasteiger partial charge in [0.1, 0.15) is 0 Å². The molecule has 3 saturated heterocycles. The summed E-state index contributed by atoms with van der Waals surface area (Å²) in [6.45, 7) is 5.36. The SMILES string of the molecule is CN=C(NCCCOCC1CCOC1)NC1CC2CCC(C1)N2Cc1ccccc1. The van der Waals surface area contributed by atoms with Crippen molar-refractivity contribution in [2.24, 2.45) is 10.9 Å². The summed E-state index contributed by atoms with van der Waals surface area (Å²) in [6, 6.07) is 12.8. The van der Waals surface area contributed by atoms with E-state index in [2.05, 4.69) is 50.9 Å². The highest BCUT2D eigenvalue weighted by Crippen LogP contribution is 2.36. The van der Waals surface area contributed by atoms with Crippen molar-refractivity contribution in [1.82, 2.24) is 15.5 Å². The first-order valence-electron chi connectivity index (χ1n) is 11.7. The molecule has 0 aliphatic carbocycles. The summed E-state index contributed by atoms with van der Waals surface area (Å²) in [6.07, 6.45) is 7.19. The average Bonchev–Trinajstić information content (AvgIpc) is 3.36. The van der Waals surface area contributed by atoms with Crippen molar-refractivity contribution in [3.63, 3.8) is 0 Å². The van der Waals surface area contributed by atoms with Crippen LogP contribution in [-0.4, -0.2) is 69.0 Å². The molecule has 0 aromatic heterocycles. The van der Waals surface area contributed by atoms with Crippen molar-refractivity contribution in [1.29, 1.82) is 0 Å². The fourth-order valence-electron chi connectivity index (χ4n) is 5.18. The Balaban J connectivity index is 1.14. The fraction of sp³-hybridized carbons (Fsp3) is 0.708. The molecule has 3 heterocycles. The summed E-state index contributed by atoms with van der Waals surface area (Å²) in [7, 11) is 1.87. The Morgan fingerprint density at radius 2 is 1.97 bits per heavy atom. The molecule has 3 aliphatic rings. The molecule has 0 amide bonds. The monoisotopic (exact) mass is 414 g/mol. The highest BCUT2D eigenvalue weighted by atomic mass is 16.5. The maximum atomic E-state index is 5.79. The minimum atomic E-state index is 0.513. The van der Waals surface area contributed by atoms with Gasteiger partial charge in [0.2, 0.25) is 0 Å². The third-order valence-electron chi connectivity index (χ3n) is 6.79. The predicted octanol–water partition coefficient (Wildman–Crippen LogP) is 2.79. The van der Waals surface area contributed by atoms with E-state index in [0.717, 1.165) is 58.3 Å². The smallest absolute Gasteiger partial charge is 0.191 e. The molecule has 1 aromatic carbocycles. The molecule has 0 saturated carbocycles. The molecule has 6 heteroatoms. The average molecular weight is 415 g/mol. The number of fused-ring (bicyclic) bond motifs is 2. The van der Waals surface area contributed by atoms with E-state index in [1.807, 2.05) is 7.05 Å². The van der Waals surface area contributed by atoms with E-state index < -0.39 is 0 Å². The van der Waals surface area contributed by atoms with Crippen LogP contribution in [-0.2, 0) is 16.0 Å². The molecule has 3 fully saturated rings. The van der Waals surface area contributed by atoms with Crippen LogP contribution in [0.2, 0.25) is 0 Å². The largest absolute Gasteiger partial charge is 0.381 e. The van der Waals surface area contributed by atoms with Gasteiger partial charge >= 0.3 is 0 Å². The van der Waals surface area contributed by atoms with E-state index in [1.165, 1.54) is 31.2 Å². The van der Waals surface area contributed by atoms with Crippen LogP contribution in [0, 0.1) is 5.92 Å². The van der Waals surface area contributed by atoms with Gasteiger partial charge in [0.25, 0.3) is 0 Å². The van der Waals surface area contributed by atoms with E-state index >= 15 is 0 Å². The Bertz CT molecular complexity index is 648. The lowest BCUT2D eigenvalue weighted by atomic mass is 9.96. The van der Waals surface area contributed by atoms with Crippen LogP contribution in [0.4, 0.5) is 0 Å². The summed E-state index contributed by atoms with van der Waals surface area (Å²) >= 11 is 0. The van der Waals surface area contributed by atoms with Gasteiger partial charge in [-0.1, -0.05) is 30.3 Å². The van der Waals surface area contributed by atoms with Gasteiger partial charge in [-0.3, -0.25) is 9.89 Å². The minimum absolute atomic E-state index is 0.513. The quantitative estimate of drug-likeness (QED) is 0.370. The Kier molecular flexibility index (Phi) is 8.01. The summed E-state index contributed by atoms with van der Waals surface area (Å²) < 4.78 is 11.2. The number of nitrogens with one attached hydrogen (secondary N) is 2. The molecule has 2 N–H and O–H groups in total. The van der Waals surface area contributed by atoms with Crippen molar-refractivity contribution in [2.45, 2.75) is 63.2 Å². The molecule has 6 nitrogen and oxygen atoms in total. The number of rotatable bonds is 9. The molecular weight excluding hydrogens is 376 g/mol. The predicted molar refractivity (Wildman–Crippen MR) is 121 cm³/mol. The Morgan fingerprint density at radius 1 is 1.17 bits per heavy atom. The second-order valence-corrected chi connectivity index (χ2v) is 9.01. The molecule has 4 rings (SSSR count). The number of hydrogen-bond donors (Lipinski definition) is 2.